The van der Waals surface area contributed by atoms with Gasteiger partial charge in [0, 0.05) is 37.3 Å². The number of ether oxygens (including phenoxy) is 1. The summed E-state index contributed by atoms with van der Waals surface area (Å²) in [7, 11) is 0. The van der Waals surface area contributed by atoms with Gasteiger partial charge in [-0.25, -0.2) is 4.79 Å². The summed E-state index contributed by atoms with van der Waals surface area (Å²) in [6.45, 7) is 6.85. The zero-order valence-electron chi connectivity index (χ0n) is 18.8. The number of pyridine rings is 1. The summed E-state index contributed by atoms with van der Waals surface area (Å²) in [5, 5.41) is 4.30. The molecule has 8 heteroatoms. The molecule has 0 unspecified atom stereocenters. The van der Waals surface area contributed by atoms with Crippen LogP contribution in [-0.4, -0.2) is 60.2 Å². The molecule has 174 valence electrons. The third-order valence-corrected chi connectivity index (χ3v) is 6.18. The minimum absolute atomic E-state index is 0.183. The maximum absolute atomic E-state index is 13.2. The number of aromatic nitrogens is 1. The first-order valence-corrected chi connectivity index (χ1v) is 11.6. The van der Waals surface area contributed by atoms with Gasteiger partial charge in [-0.05, 0) is 48.6 Å². The number of carbonyl (C=O) groups is 1. The van der Waals surface area contributed by atoms with Crippen molar-refractivity contribution < 1.29 is 9.53 Å². The van der Waals surface area contributed by atoms with Gasteiger partial charge in [0.05, 0.1) is 30.5 Å². The van der Waals surface area contributed by atoms with Crippen molar-refractivity contribution >= 4 is 34.2 Å². The van der Waals surface area contributed by atoms with E-state index in [2.05, 4.69) is 15.2 Å². The van der Waals surface area contributed by atoms with Crippen molar-refractivity contribution in [3.63, 3.8) is 0 Å². The van der Waals surface area contributed by atoms with Gasteiger partial charge in [0.1, 0.15) is 0 Å². The van der Waals surface area contributed by atoms with Crippen LogP contribution in [0.2, 0.25) is 5.02 Å². The lowest BCUT2D eigenvalue weighted by molar-refractivity contribution is 0.0365. The molecule has 0 aliphatic carbocycles. The fraction of sp³-hybridized carbons (Fsp3) is 0.360. The number of fused-ring (bicyclic) bond motifs is 1. The minimum Gasteiger partial charge on any atom is -0.379 e. The lowest BCUT2D eigenvalue weighted by Gasteiger charge is -2.28. The second-order valence-electron chi connectivity index (χ2n) is 8.35. The van der Waals surface area contributed by atoms with E-state index in [0.717, 1.165) is 55.7 Å². The molecule has 0 spiro atoms. The smallest absolute Gasteiger partial charge is 0.322 e. The third kappa shape index (κ3) is 6.13. The van der Waals surface area contributed by atoms with E-state index < -0.39 is 0 Å². The van der Waals surface area contributed by atoms with E-state index in [0.29, 0.717) is 22.8 Å². The monoisotopic (exact) mass is 468 g/mol. The number of H-pyrrole nitrogens is 1. The van der Waals surface area contributed by atoms with E-state index >= 15 is 0 Å². The van der Waals surface area contributed by atoms with E-state index in [1.54, 1.807) is 17.0 Å². The molecule has 0 radical (unpaired) electrons. The van der Waals surface area contributed by atoms with Crippen LogP contribution in [0, 0.1) is 6.92 Å². The topological polar surface area (TPSA) is 77.7 Å². The Labute approximate surface area is 198 Å². The molecule has 0 saturated carbocycles. The summed E-state index contributed by atoms with van der Waals surface area (Å²) in [6.07, 6.45) is 0.792. The van der Waals surface area contributed by atoms with Gasteiger partial charge in [-0.15, -0.1) is 0 Å². The highest BCUT2D eigenvalue weighted by atomic mass is 35.5. The molecule has 0 atom stereocenters. The number of halogens is 1. The van der Waals surface area contributed by atoms with Crippen LogP contribution in [0.25, 0.3) is 10.9 Å². The number of aryl methyl sites for hydroxylation is 1. The molecule has 1 aromatic heterocycles. The van der Waals surface area contributed by atoms with Crippen LogP contribution in [0.4, 0.5) is 10.5 Å². The molecule has 2 heterocycles. The van der Waals surface area contributed by atoms with Crippen LogP contribution < -0.4 is 10.9 Å². The molecule has 2 amide bonds. The summed E-state index contributed by atoms with van der Waals surface area (Å²) in [5.41, 5.74) is 2.78. The van der Waals surface area contributed by atoms with Crippen LogP contribution in [-0.2, 0) is 11.3 Å². The van der Waals surface area contributed by atoms with Crippen molar-refractivity contribution in [3.8, 4) is 0 Å². The minimum atomic E-state index is -0.284. The Morgan fingerprint density at radius 2 is 1.97 bits per heavy atom. The van der Waals surface area contributed by atoms with Crippen LogP contribution >= 0.6 is 11.6 Å². The molecule has 1 saturated heterocycles. The number of aromatic amines is 1. The quantitative estimate of drug-likeness (QED) is 0.543. The zero-order chi connectivity index (χ0) is 23.2. The van der Waals surface area contributed by atoms with Crippen molar-refractivity contribution in [1.82, 2.24) is 14.8 Å². The zero-order valence-corrected chi connectivity index (χ0v) is 19.5. The van der Waals surface area contributed by atoms with Gasteiger partial charge in [0.25, 0.3) is 5.56 Å². The predicted molar refractivity (Wildman–Crippen MR) is 132 cm³/mol. The maximum atomic E-state index is 13.2. The van der Waals surface area contributed by atoms with Crippen LogP contribution in [0.3, 0.4) is 0 Å². The summed E-state index contributed by atoms with van der Waals surface area (Å²) in [6, 6.07) is 14.7. The largest absolute Gasteiger partial charge is 0.379 e. The molecule has 1 aliphatic heterocycles. The number of nitrogens with one attached hydrogen (secondary N) is 2. The number of carbonyl (C=O) groups excluding carboxylic acids is 1. The lowest BCUT2D eigenvalue weighted by Crippen LogP contribution is -2.40. The standard InChI is InChI=1S/C25H29ClN4O3/c1-18-7-8-19-16-20(24(31)27-23(19)15-18)17-30(10-4-9-29-11-13-33-14-12-29)25(32)28-22-6-3-2-5-21(22)26/h2-3,5-8,15-16H,4,9-14,17H2,1H3,(H,27,31)(H,28,32). The first kappa shape index (κ1) is 23.3. The molecule has 7 nitrogen and oxygen atoms in total. The molecule has 4 rings (SSSR count). The predicted octanol–water partition coefficient (Wildman–Crippen LogP) is 4.25. The molecule has 3 aromatic rings. The fourth-order valence-electron chi connectivity index (χ4n) is 4.00. The van der Waals surface area contributed by atoms with E-state index in [4.69, 9.17) is 16.3 Å². The highest BCUT2D eigenvalue weighted by Crippen LogP contribution is 2.21. The number of rotatable bonds is 7. The van der Waals surface area contributed by atoms with Gasteiger partial charge in [-0.3, -0.25) is 9.69 Å². The molecule has 0 bridgehead atoms. The van der Waals surface area contributed by atoms with E-state index in [1.807, 2.05) is 43.3 Å². The Kier molecular flexibility index (Phi) is 7.65. The van der Waals surface area contributed by atoms with Crippen LogP contribution in [0.15, 0.2) is 53.3 Å². The normalized spacial score (nSPS) is 14.4. The van der Waals surface area contributed by atoms with Crippen molar-refractivity contribution in [1.29, 1.82) is 0 Å². The number of para-hydroxylation sites is 1. The molecule has 1 aliphatic rings. The second kappa shape index (κ2) is 10.8. The number of amides is 2. The van der Waals surface area contributed by atoms with Crippen LogP contribution in [0.1, 0.15) is 17.5 Å². The molecule has 33 heavy (non-hydrogen) atoms. The Balaban J connectivity index is 1.52. The fourth-order valence-corrected chi connectivity index (χ4v) is 4.19. The molecular weight excluding hydrogens is 440 g/mol. The van der Waals surface area contributed by atoms with Crippen molar-refractivity contribution in [2.75, 3.05) is 44.7 Å². The van der Waals surface area contributed by atoms with Gasteiger partial charge in [0.15, 0.2) is 0 Å². The molecule has 1 fully saturated rings. The average Bonchev–Trinajstić information content (AvgIpc) is 2.81. The summed E-state index contributed by atoms with van der Waals surface area (Å²) in [5.74, 6) is 0. The van der Waals surface area contributed by atoms with Gasteiger partial charge in [-0.2, -0.15) is 0 Å². The first-order chi connectivity index (χ1) is 16.0. The van der Waals surface area contributed by atoms with E-state index in [9.17, 15) is 9.59 Å². The van der Waals surface area contributed by atoms with Crippen molar-refractivity contribution in [2.24, 2.45) is 0 Å². The first-order valence-electron chi connectivity index (χ1n) is 11.2. The summed E-state index contributed by atoms with van der Waals surface area (Å²) < 4.78 is 5.41. The van der Waals surface area contributed by atoms with E-state index in [1.165, 1.54) is 0 Å². The number of anilines is 1. The Hall–Kier alpha value is -2.87. The summed E-state index contributed by atoms with van der Waals surface area (Å²) >= 11 is 6.24. The van der Waals surface area contributed by atoms with Gasteiger partial charge in [-0.1, -0.05) is 35.9 Å². The van der Waals surface area contributed by atoms with E-state index in [-0.39, 0.29) is 18.1 Å². The lowest BCUT2D eigenvalue weighted by atomic mass is 10.1. The molecule has 2 N–H and O–H groups in total. The number of hydrogen-bond acceptors (Lipinski definition) is 4. The number of hydrogen-bond donors (Lipinski definition) is 2. The van der Waals surface area contributed by atoms with Crippen LogP contribution in [0.5, 0.6) is 0 Å². The van der Waals surface area contributed by atoms with Gasteiger partial charge >= 0.3 is 6.03 Å². The summed E-state index contributed by atoms with van der Waals surface area (Å²) in [4.78, 5) is 32.9. The number of urea groups is 1. The van der Waals surface area contributed by atoms with Gasteiger partial charge < -0.3 is 19.9 Å². The molecule has 2 aromatic carbocycles. The average molecular weight is 469 g/mol. The number of nitrogens with zero attached hydrogens (tertiary/aromatic N) is 2. The third-order valence-electron chi connectivity index (χ3n) is 5.85. The Morgan fingerprint density at radius 1 is 1.18 bits per heavy atom. The second-order valence-corrected chi connectivity index (χ2v) is 8.76. The SMILES string of the molecule is Cc1ccc2cc(CN(CCCN3CCOCC3)C(=O)Nc3ccccc3Cl)c(=O)[nH]c2c1. The van der Waals surface area contributed by atoms with Crippen molar-refractivity contribution in [2.45, 2.75) is 19.9 Å². The number of benzene rings is 2. The highest BCUT2D eigenvalue weighted by molar-refractivity contribution is 6.33. The van der Waals surface area contributed by atoms with Crippen molar-refractivity contribution in [3.05, 3.63) is 75.0 Å². The highest BCUT2D eigenvalue weighted by Gasteiger charge is 2.18. The number of morpholine rings is 1. The van der Waals surface area contributed by atoms with Gasteiger partial charge in [0.2, 0.25) is 0 Å². The maximum Gasteiger partial charge on any atom is 0.322 e. The Morgan fingerprint density at radius 3 is 2.76 bits per heavy atom. The Bertz CT molecular complexity index is 1170. The molecular formula is C25H29ClN4O3.